The van der Waals surface area contributed by atoms with Crippen LogP contribution in [0.2, 0.25) is 0 Å². The number of rotatable bonds is 16. The maximum atomic E-state index is 13.7. The summed E-state index contributed by atoms with van der Waals surface area (Å²) in [5.74, 6) is -0.434. The summed E-state index contributed by atoms with van der Waals surface area (Å²) in [5.41, 5.74) is 2.76. The molecule has 11 heteroatoms. The fourth-order valence-electron chi connectivity index (χ4n) is 5.61. The Bertz CT molecular complexity index is 1660. The molecule has 3 atom stereocenters. The van der Waals surface area contributed by atoms with Crippen molar-refractivity contribution in [1.29, 1.82) is 0 Å². The highest BCUT2D eigenvalue weighted by atomic mass is 16.7. The summed E-state index contributed by atoms with van der Waals surface area (Å²) >= 11 is 0. The van der Waals surface area contributed by atoms with Crippen molar-refractivity contribution < 1.29 is 38.0 Å². The van der Waals surface area contributed by atoms with Crippen LogP contribution >= 0.6 is 0 Å². The molecule has 1 aliphatic heterocycles. The molecule has 4 aromatic rings. The Kier molecular flexibility index (Phi) is 11.3. The fraction of sp³-hybridized carbons (Fsp3) is 0.412. The van der Waals surface area contributed by atoms with Gasteiger partial charge >= 0.3 is 0 Å². The second-order valence-electron chi connectivity index (χ2n) is 10.6. The lowest BCUT2D eigenvalue weighted by Gasteiger charge is -2.36. The van der Waals surface area contributed by atoms with Gasteiger partial charge in [0.1, 0.15) is 11.3 Å². The van der Waals surface area contributed by atoms with Gasteiger partial charge < -0.3 is 43.5 Å². The third kappa shape index (κ3) is 7.74. The van der Waals surface area contributed by atoms with E-state index >= 15 is 0 Å². The number of hydrogen-bond acceptors (Lipinski definition) is 9. The standard InChI is InChI=1S/C34H40N2O9/c1-3-43-34-24(11-14-41-16-17-42-15-13-37)27(28-21-44-30-7-5-4-6-25(30)32(28)38)19-31(45-34)33(39)35-12-10-22-20-36-29-9-8-23(40-2)18-26(22)29/h4-9,18-21,24,27,34,36-37H,3,10-17H2,1-2H3,(H,35,39)/t24-,27-,34+/m0/s1. The van der Waals surface area contributed by atoms with E-state index in [0.29, 0.717) is 62.3 Å². The average molecular weight is 621 g/mol. The monoisotopic (exact) mass is 620 g/mol. The predicted octanol–water partition coefficient (Wildman–Crippen LogP) is 4.03. The number of fused-ring (bicyclic) bond motifs is 2. The number of aliphatic hydroxyl groups excluding tert-OH is 1. The summed E-state index contributed by atoms with van der Waals surface area (Å²) in [6.45, 7) is 3.80. The van der Waals surface area contributed by atoms with Crippen molar-refractivity contribution in [1.82, 2.24) is 10.3 Å². The van der Waals surface area contributed by atoms with Gasteiger partial charge in [-0.05, 0) is 61.7 Å². The van der Waals surface area contributed by atoms with Gasteiger partial charge in [0.15, 0.2) is 11.2 Å². The average Bonchev–Trinajstić information content (AvgIpc) is 3.47. The maximum absolute atomic E-state index is 13.7. The molecule has 3 N–H and O–H groups in total. The Hall–Kier alpha value is -4.16. The number of para-hydroxylation sites is 1. The molecule has 5 rings (SSSR count). The number of hydrogen-bond donors (Lipinski definition) is 3. The molecular weight excluding hydrogens is 580 g/mol. The summed E-state index contributed by atoms with van der Waals surface area (Å²) in [6.07, 6.45) is 5.36. The van der Waals surface area contributed by atoms with E-state index in [-0.39, 0.29) is 30.3 Å². The van der Waals surface area contributed by atoms with Crippen LogP contribution in [0.25, 0.3) is 21.9 Å². The highest BCUT2D eigenvalue weighted by Gasteiger charge is 2.39. The number of aromatic nitrogens is 1. The Labute approximate surface area is 261 Å². The van der Waals surface area contributed by atoms with Crippen LogP contribution in [0.1, 0.15) is 30.4 Å². The maximum Gasteiger partial charge on any atom is 0.286 e. The lowest BCUT2D eigenvalue weighted by atomic mass is 9.81. The van der Waals surface area contributed by atoms with Crippen LogP contribution in [-0.2, 0) is 30.2 Å². The quantitative estimate of drug-likeness (QED) is 0.158. The molecule has 0 radical (unpaired) electrons. The van der Waals surface area contributed by atoms with Gasteiger partial charge in [0.25, 0.3) is 5.91 Å². The van der Waals surface area contributed by atoms with Crippen LogP contribution in [0.4, 0.5) is 0 Å². The number of carbonyl (C=O) groups excluding carboxylic acids is 1. The molecule has 0 saturated carbocycles. The number of H-pyrrole nitrogens is 1. The smallest absolute Gasteiger partial charge is 0.286 e. The molecule has 3 heterocycles. The van der Waals surface area contributed by atoms with Gasteiger partial charge in [-0.15, -0.1) is 0 Å². The number of methoxy groups -OCH3 is 1. The minimum absolute atomic E-state index is 0.0496. The van der Waals surface area contributed by atoms with Crippen LogP contribution in [0, 0.1) is 5.92 Å². The van der Waals surface area contributed by atoms with Crippen molar-refractivity contribution in [3.05, 3.63) is 88.1 Å². The summed E-state index contributed by atoms with van der Waals surface area (Å²) < 4.78 is 34.4. The van der Waals surface area contributed by atoms with E-state index in [1.807, 2.05) is 37.4 Å². The van der Waals surface area contributed by atoms with Gasteiger partial charge in [-0.1, -0.05) is 12.1 Å². The zero-order valence-electron chi connectivity index (χ0n) is 25.6. The Balaban J connectivity index is 1.36. The molecule has 240 valence electrons. The van der Waals surface area contributed by atoms with Gasteiger partial charge in [-0.3, -0.25) is 9.59 Å². The third-order valence-electron chi connectivity index (χ3n) is 7.86. The molecule has 45 heavy (non-hydrogen) atoms. The molecule has 0 aliphatic carbocycles. The number of carbonyl (C=O) groups is 1. The number of allylic oxidation sites excluding steroid dienone is 1. The molecule has 0 spiro atoms. The van der Waals surface area contributed by atoms with Gasteiger partial charge in [-0.2, -0.15) is 0 Å². The zero-order valence-corrected chi connectivity index (χ0v) is 25.6. The Morgan fingerprint density at radius 1 is 1.07 bits per heavy atom. The van der Waals surface area contributed by atoms with Crippen molar-refractivity contribution in [2.75, 3.05) is 53.3 Å². The molecular formula is C34H40N2O9. The first kappa shape index (κ1) is 32.2. The summed E-state index contributed by atoms with van der Waals surface area (Å²) in [7, 11) is 1.63. The number of ether oxygens (including phenoxy) is 5. The summed E-state index contributed by atoms with van der Waals surface area (Å²) in [4.78, 5) is 30.4. The second kappa shape index (κ2) is 15.7. The summed E-state index contributed by atoms with van der Waals surface area (Å²) in [6, 6.07) is 12.9. The molecule has 0 unspecified atom stereocenters. The van der Waals surface area contributed by atoms with E-state index < -0.39 is 18.1 Å². The number of amides is 1. The van der Waals surface area contributed by atoms with E-state index in [1.54, 1.807) is 31.4 Å². The van der Waals surface area contributed by atoms with Gasteiger partial charge in [0.05, 0.1) is 45.2 Å². The van der Waals surface area contributed by atoms with Gasteiger partial charge in [-0.25, -0.2) is 0 Å². The van der Waals surface area contributed by atoms with Gasteiger partial charge in [0.2, 0.25) is 6.29 Å². The number of benzene rings is 2. The minimum atomic E-state index is -0.799. The van der Waals surface area contributed by atoms with Gasteiger partial charge in [0, 0.05) is 54.3 Å². The van der Waals surface area contributed by atoms with E-state index in [4.69, 9.17) is 33.2 Å². The normalized spacial score (nSPS) is 18.1. The third-order valence-corrected chi connectivity index (χ3v) is 7.86. The predicted molar refractivity (Wildman–Crippen MR) is 168 cm³/mol. The lowest BCUT2D eigenvalue weighted by Crippen LogP contribution is -2.40. The lowest BCUT2D eigenvalue weighted by molar-refractivity contribution is -0.168. The van der Waals surface area contributed by atoms with E-state index in [1.165, 1.54) is 6.26 Å². The number of nitrogens with one attached hydrogen (secondary N) is 2. The SMILES string of the molecule is CCO[C@@H]1OC(C(=O)NCCc2c[nH]c3ccc(OC)cc23)=C[C@H](c2coc3ccccc3c2=O)[C@@H]1CCOCCOCCO. The highest BCUT2D eigenvalue weighted by Crippen LogP contribution is 2.38. The Morgan fingerprint density at radius 3 is 2.69 bits per heavy atom. The minimum Gasteiger partial charge on any atom is -0.497 e. The highest BCUT2D eigenvalue weighted by molar-refractivity contribution is 5.92. The van der Waals surface area contributed by atoms with Crippen molar-refractivity contribution in [2.45, 2.75) is 32.0 Å². The zero-order chi connectivity index (χ0) is 31.6. The van der Waals surface area contributed by atoms with Crippen molar-refractivity contribution in [2.24, 2.45) is 5.92 Å². The van der Waals surface area contributed by atoms with Crippen LogP contribution in [-0.4, -0.2) is 75.6 Å². The Morgan fingerprint density at radius 2 is 1.89 bits per heavy atom. The molecule has 1 aliphatic rings. The molecule has 2 aromatic carbocycles. The molecule has 1 amide bonds. The first-order valence-corrected chi connectivity index (χ1v) is 15.2. The van der Waals surface area contributed by atoms with Crippen molar-refractivity contribution in [3.63, 3.8) is 0 Å². The number of aromatic amines is 1. The van der Waals surface area contributed by atoms with Crippen LogP contribution in [0.5, 0.6) is 5.75 Å². The van der Waals surface area contributed by atoms with Crippen LogP contribution in [0.3, 0.4) is 0 Å². The first-order valence-electron chi connectivity index (χ1n) is 15.2. The largest absolute Gasteiger partial charge is 0.497 e. The molecule has 0 fully saturated rings. The first-order chi connectivity index (χ1) is 22.0. The van der Waals surface area contributed by atoms with E-state index in [0.717, 1.165) is 22.2 Å². The van der Waals surface area contributed by atoms with Crippen LogP contribution < -0.4 is 15.5 Å². The molecule has 0 bridgehead atoms. The topological polar surface area (TPSA) is 141 Å². The fourth-order valence-corrected chi connectivity index (χ4v) is 5.61. The molecule has 2 aromatic heterocycles. The van der Waals surface area contributed by atoms with E-state index in [2.05, 4.69) is 10.3 Å². The number of aliphatic hydroxyl groups is 1. The van der Waals surface area contributed by atoms with Crippen LogP contribution in [0.15, 0.2) is 76.0 Å². The van der Waals surface area contributed by atoms with Crippen molar-refractivity contribution in [3.8, 4) is 5.75 Å². The second-order valence-corrected chi connectivity index (χ2v) is 10.6. The van der Waals surface area contributed by atoms with Crippen molar-refractivity contribution >= 4 is 27.8 Å². The summed E-state index contributed by atoms with van der Waals surface area (Å²) in [5, 5.41) is 13.3. The molecule has 11 nitrogen and oxygen atoms in total. The molecule has 0 saturated heterocycles. The van der Waals surface area contributed by atoms with E-state index in [9.17, 15) is 9.59 Å².